The van der Waals surface area contributed by atoms with Gasteiger partial charge in [0.15, 0.2) is 5.82 Å². The Morgan fingerprint density at radius 1 is 1.39 bits per heavy atom. The van der Waals surface area contributed by atoms with E-state index in [1.54, 1.807) is 13.2 Å². The van der Waals surface area contributed by atoms with E-state index in [1.807, 2.05) is 0 Å². The Morgan fingerprint density at radius 2 is 2.06 bits per heavy atom. The average molecular weight is 272 g/mol. The number of hydrogen-bond acceptors (Lipinski definition) is 4. The van der Waals surface area contributed by atoms with Crippen LogP contribution in [0.5, 0.6) is 0 Å². The maximum atomic E-state index is 5.95. The van der Waals surface area contributed by atoms with Crippen molar-refractivity contribution in [1.29, 1.82) is 0 Å². The van der Waals surface area contributed by atoms with Gasteiger partial charge in [-0.15, -0.1) is 0 Å². The van der Waals surface area contributed by atoms with Gasteiger partial charge in [-0.25, -0.2) is 9.97 Å². The van der Waals surface area contributed by atoms with Gasteiger partial charge in [0, 0.05) is 19.7 Å². The summed E-state index contributed by atoms with van der Waals surface area (Å²) < 4.78 is 5.01. The fourth-order valence-electron chi connectivity index (χ4n) is 1.27. The molecule has 0 aliphatic rings. The minimum absolute atomic E-state index is 0.193. The Hall–Kier alpha value is -0.870. The molecule has 0 bridgehead atoms. The maximum absolute atomic E-state index is 5.95. The SMILES string of the molecule is COCc1nc(Cl)cc(NCC(C)(C)C(C)C)n1. The van der Waals surface area contributed by atoms with Gasteiger partial charge in [0.2, 0.25) is 0 Å². The van der Waals surface area contributed by atoms with E-state index in [2.05, 4.69) is 43.0 Å². The Morgan fingerprint density at radius 3 is 2.61 bits per heavy atom. The Kier molecular flexibility index (Phi) is 5.35. The van der Waals surface area contributed by atoms with Crippen LogP contribution < -0.4 is 5.32 Å². The molecule has 0 saturated carbocycles. The third-order valence-corrected chi connectivity index (χ3v) is 3.50. The number of hydrogen-bond donors (Lipinski definition) is 1. The number of nitrogens with zero attached hydrogens (tertiary/aromatic N) is 2. The van der Waals surface area contributed by atoms with Gasteiger partial charge in [0.1, 0.15) is 17.6 Å². The molecule has 0 radical (unpaired) electrons. The fraction of sp³-hybridized carbons (Fsp3) is 0.692. The second kappa shape index (κ2) is 6.34. The van der Waals surface area contributed by atoms with Crippen LogP contribution in [0.1, 0.15) is 33.5 Å². The Labute approximate surface area is 114 Å². The second-order valence-corrected chi connectivity index (χ2v) is 5.81. The van der Waals surface area contributed by atoms with Crippen molar-refractivity contribution in [2.75, 3.05) is 19.0 Å². The van der Waals surface area contributed by atoms with Crippen molar-refractivity contribution in [2.45, 2.75) is 34.3 Å². The van der Waals surface area contributed by atoms with E-state index in [9.17, 15) is 0 Å². The van der Waals surface area contributed by atoms with Crippen molar-refractivity contribution in [3.05, 3.63) is 17.0 Å². The van der Waals surface area contributed by atoms with Crippen LogP contribution in [-0.4, -0.2) is 23.6 Å². The van der Waals surface area contributed by atoms with Crippen LogP contribution in [0.25, 0.3) is 0 Å². The van der Waals surface area contributed by atoms with Gasteiger partial charge < -0.3 is 10.1 Å². The summed E-state index contributed by atoms with van der Waals surface area (Å²) in [6.07, 6.45) is 0. The first-order chi connectivity index (χ1) is 8.35. The minimum atomic E-state index is 0.193. The Bertz CT molecular complexity index is 394. The normalized spacial score (nSPS) is 11.9. The molecule has 0 atom stereocenters. The summed E-state index contributed by atoms with van der Waals surface area (Å²) in [5.41, 5.74) is 0.193. The molecule has 0 aliphatic carbocycles. The Balaban J connectivity index is 2.73. The zero-order chi connectivity index (χ0) is 13.8. The molecule has 1 rings (SSSR count). The number of methoxy groups -OCH3 is 1. The van der Waals surface area contributed by atoms with Crippen LogP contribution in [0.4, 0.5) is 5.82 Å². The van der Waals surface area contributed by atoms with Crippen molar-refractivity contribution < 1.29 is 4.74 Å². The van der Waals surface area contributed by atoms with Crippen LogP contribution >= 0.6 is 11.6 Å². The summed E-state index contributed by atoms with van der Waals surface area (Å²) in [7, 11) is 1.61. The predicted molar refractivity (Wildman–Crippen MR) is 74.9 cm³/mol. The third kappa shape index (κ3) is 4.42. The molecule has 0 aliphatic heterocycles. The van der Waals surface area contributed by atoms with Crippen molar-refractivity contribution in [3.63, 3.8) is 0 Å². The van der Waals surface area contributed by atoms with Gasteiger partial charge in [0.25, 0.3) is 0 Å². The van der Waals surface area contributed by atoms with E-state index >= 15 is 0 Å². The van der Waals surface area contributed by atoms with Crippen LogP contribution in [0, 0.1) is 11.3 Å². The van der Waals surface area contributed by atoms with Gasteiger partial charge >= 0.3 is 0 Å². The third-order valence-electron chi connectivity index (χ3n) is 3.30. The van der Waals surface area contributed by atoms with E-state index in [4.69, 9.17) is 16.3 Å². The van der Waals surface area contributed by atoms with Crippen molar-refractivity contribution in [1.82, 2.24) is 9.97 Å². The molecule has 102 valence electrons. The maximum Gasteiger partial charge on any atom is 0.158 e. The number of nitrogens with one attached hydrogen (secondary N) is 1. The summed E-state index contributed by atoms with van der Waals surface area (Å²) in [5.74, 6) is 1.92. The highest BCUT2D eigenvalue weighted by Crippen LogP contribution is 2.26. The molecule has 1 aromatic heterocycles. The van der Waals surface area contributed by atoms with Gasteiger partial charge in [-0.1, -0.05) is 39.3 Å². The van der Waals surface area contributed by atoms with Gasteiger partial charge in [0.05, 0.1) is 0 Å². The molecule has 1 heterocycles. The number of anilines is 1. The van der Waals surface area contributed by atoms with Gasteiger partial charge in [-0.3, -0.25) is 0 Å². The van der Waals surface area contributed by atoms with Crippen LogP contribution in [0.3, 0.4) is 0 Å². The lowest BCUT2D eigenvalue weighted by atomic mass is 9.81. The quantitative estimate of drug-likeness (QED) is 0.806. The first-order valence-electron chi connectivity index (χ1n) is 6.11. The molecule has 1 aromatic rings. The van der Waals surface area contributed by atoms with Crippen LogP contribution in [0.2, 0.25) is 5.15 Å². The first-order valence-corrected chi connectivity index (χ1v) is 6.49. The number of ether oxygens (including phenoxy) is 1. The van der Waals surface area contributed by atoms with Crippen molar-refractivity contribution in [3.8, 4) is 0 Å². The number of aromatic nitrogens is 2. The van der Waals surface area contributed by atoms with E-state index in [-0.39, 0.29) is 5.41 Å². The molecule has 5 heteroatoms. The average Bonchev–Trinajstić information content (AvgIpc) is 2.26. The van der Waals surface area contributed by atoms with Gasteiger partial charge in [-0.2, -0.15) is 0 Å². The summed E-state index contributed by atoms with van der Waals surface area (Å²) >= 11 is 5.95. The molecule has 0 saturated heterocycles. The van der Waals surface area contributed by atoms with E-state index < -0.39 is 0 Å². The molecule has 0 aromatic carbocycles. The first kappa shape index (κ1) is 15.2. The standard InChI is InChI=1S/C13H22ClN3O/c1-9(2)13(3,4)8-15-11-6-10(14)16-12(17-11)7-18-5/h6,9H,7-8H2,1-5H3,(H,15,16,17). The summed E-state index contributed by atoms with van der Waals surface area (Å²) in [4.78, 5) is 8.45. The fourth-order valence-corrected chi connectivity index (χ4v) is 1.47. The van der Waals surface area contributed by atoms with Crippen LogP contribution in [0.15, 0.2) is 6.07 Å². The minimum Gasteiger partial charge on any atom is -0.377 e. The lowest BCUT2D eigenvalue weighted by Gasteiger charge is -2.29. The molecule has 0 amide bonds. The highest BCUT2D eigenvalue weighted by molar-refractivity contribution is 6.29. The molecule has 0 fully saturated rings. The highest BCUT2D eigenvalue weighted by Gasteiger charge is 2.22. The largest absolute Gasteiger partial charge is 0.377 e. The number of rotatable bonds is 6. The summed E-state index contributed by atoms with van der Waals surface area (Å²) in [5, 5.41) is 3.75. The predicted octanol–water partition coefficient (Wildman–Crippen LogP) is 3.37. The summed E-state index contributed by atoms with van der Waals surface area (Å²) in [6, 6.07) is 1.73. The topological polar surface area (TPSA) is 47.0 Å². The molecular weight excluding hydrogens is 250 g/mol. The second-order valence-electron chi connectivity index (χ2n) is 5.42. The van der Waals surface area contributed by atoms with E-state index in [1.165, 1.54) is 0 Å². The summed E-state index contributed by atoms with van der Waals surface area (Å²) in [6.45, 7) is 10.1. The van der Waals surface area contributed by atoms with Crippen LogP contribution in [-0.2, 0) is 11.3 Å². The zero-order valence-corrected chi connectivity index (χ0v) is 12.5. The molecule has 18 heavy (non-hydrogen) atoms. The molecule has 0 spiro atoms. The lowest BCUT2D eigenvalue weighted by Crippen LogP contribution is -2.28. The molecule has 1 N–H and O–H groups in total. The van der Waals surface area contributed by atoms with E-state index in [0.717, 1.165) is 12.4 Å². The molecule has 0 unspecified atom stereocenters. The van der Waals surface area contributed by atoms with Gasteiger partial charge in [-0.05, 0) is 11.3 Å². The molecule has 4 nitrogen and oxygen atoms in total. The van der Waals surface area contributed by atoms with Crippen molar-refractivity contribution in [2.24, 2.45) is 11.3 Å². The highest BCUT2D eigenvalue weighted by atomic mass is 35.5. The number of halogens is 1. The monoisotopic (exact) mass is 271 g/mol. The molecular formula is C13H22ClN3O. The zero-order valence-electron chi connectivity index (χ0n) is 11.7. The lowest BCUT2D eigenvalue weighted by molar-refractivity contribution is 0.178. The van der Waals surface area contributed by atoms with Crippen molar-refractivity contribution >= 4 is 17.4 Å². The smallest absolute Gasteiger partial charge is 0.158 e. The van der Waals surface area contributed by atoms with E-state index in [0.29, 0.717) is 23.5 Å².